The summed E-state index contributed by atoms with van der Waals surface area (Å²) in [5.74, 6) is 1.52. The van der Waals surface area contributed by atoms with Crippen LogP contribution >= 0.6 is 0 Å². The summed E-state index contributed by atoms with van der Waals surface area (Å²) in [4.78, 5) is 4.29. The first-order valence-corrected chi connectivity index (χ1v) is 7.03. The fourth-order valence-electron chi connectivity index (χ4n) is 2.31. The largest absolute Gasteiger partial charge is 0.493 e. The molecule has 0 bridgehead atoms. The maximum atomic E-state index is 5.34. The van der Waals surface area contributed by atoms with Crippen molar-refractivity contribution in [3.8, 4) is 11.5 Å². The Kier molecular flexibility index (Phi) is 5.04. The van der Waals surface area contributed by atoms with Gasteiger partial charge in [-0.05, 0) is 50.1 Å². The normalized spacial score (nSPS) is 11.8. The summed E-state index contributed by atoms with van der Waals surface area (Å²) in [5.41, 5.74) is 3.29. The highest BCUT2D eigenvalue weighted by Crippen LogP contribution is 2.28. The minimum absolute atomic E-state index is 0.297. The molecule has 1 aromatic heterocycles. The van der Waals surface area contributed by atoms with Gasteiger partial charge in [0.2, 0.25) is 0 Å². The second-order valence-corrected chi connectivity index (χ2v) is 5.08. The monoisotopic (exact) mass is 286 g/mol. The number of ether oxygens (including phenoxy) is 2. The van der Waals surface area contributed by atoms with Crippen LogP contribution in [0.4, 0.5) is 5.69 Å². The fourth-order valence-corrected chi connectivity index (χ4v) is 2.31. The molecule has 0 amide bonds. The first-order chi connectivity index (χ1) is 10.1. The SMILES string of the molecule is COc1ccc(CC(C)Nc2cccnc2C)cc1OC. The Morgan fingerprint density at radius 1 is 1.14 bits per heavy atom. The Hall–Kier alpha value is -2.23. The van der Waals surface area contributed by atoms with Gasteiger partial charge in [-0.25, -0.2) is 0 Å². The predicted molar refractivity (Wildman–Crippen MR) is 85.3 cm³/mol. The molecule has 21 heavy (non-hydrogen) atoms. The first-order valence-electron chi connectivity index (χ1n) is 7.03. The van der Waals surface area contributed by atoms with Crippen molar-refractivity contribution in [3.63, 3.8) is 0 Å². The van der Waals surface area contributed by atoms with E-state index in [1.165, 1.54) is 5.56 Å². The van der Waals surface area contributed by atoms with Gasteiger partial charge < -0.3 is 14.8 Å². The zero-order valence-electron chi connectivity index (χ0n) is 13.0. The zero-order valence-corrected chi connectivity index (χ0v) is 13.0. The van der Waals surface area contributed by atoms with Gasteiger partial charge in [-0.2, -0.15) is 0 Å². The van der Waals surface area contributed by atoms with Crippen LogP contribution in [0.15, 0.2) is 36.5 Å². The minimum atomic E-state index is 0.297. The molecular weight excluding hydrogens is 264 g/mol. The third kappa shape index (κ3) is 3.88. The summed E-state index contributed by atoms with van der Waals surface area (Å²) in [5, 5.41) is 3.49. The standard InChI is InChI=1S/C17H22N2O2/c1-12(19-15-6-5-9-18-13(15)2)10-14-7-8-16(20-3)17(11-14)21-4/h5-9,11-12,19H,10H2,1-4H3. The predicted octanol–water partition coefficient (Wildman–Crippen LogP) is 3.45. The lowest BCUT2D eigenvalue weighted by Gasteiger charge is -2.17. The number of nitrogens with one attached hydrogen (secondary N) is 1. The van der Waals surface area contributed by atoms with Crippen molar-refractivity contribution < 1.29 is 9.47 Å². The lowest BCUT2D eigenvalue weighted by atomic mass is 10.1. The molecular formula is C17H22N2O2. The molecule has 112 valence electrons. The lowest BCUT2D eigenvalue weighted by Crippen LogP contribution is -2.19. The molecule has 0 radical (unpaired) electrons. The van der Waals surface area contributed by atoms with Crippen molar-refractivity contribution in [1.29, 1.82) is 0 Å². The van der Waals surface area contributed by atoms with Crippen molar-refractivity contribution in [3.05, 3.63) is 47.8 Å². The number of pyridine rings is 1. The van der Waals surface area contributed by atoms with Crippen molar-refractivity contribution in [2.45, 2.75) is 26.3 Å². The summed E-state index contributed by atoms with van der Waals surface area (Å²) in [6.45, 7) is 4.16. The van der Waals surface area contributed by atoms with Crippen LogP contribution in [0.25, 0.3) is 0 Å². The topological polar surface area (TPSA) is 43.4 Å². The van der Waals surface area contributed by atoms with E-state index in [1.54, 1.807) is 20.4 Å². The molecule has 0 saturated heterocycles. The number of benzene rings is 1. The van der Waals surface area contributed by atoms with E-state index < -0.39 is 0 Å². The van der Waals surface area contributed by atoms with E-state index in [0.717, 1.165) is 29.3 Å². The molecule has 0 spiro atoms. The highest BCUT2D eigenvalue weighted by atomic mass is 16.5. The van der Waals surface area contributed by atoms with Crippen LogP contribution in [0.2, 0.25) is 0 Å². The van der Waals surface area contributed by atoms with Crippen LogP contribution in [0.1, 0.15) is 18.2 Å². The van der Waals surface area contributed by atoms with E-state index in [4.69, 9.17) is 9.47 Å². The van der Waals surface area contributed by atoms with E-state index in [2.05, 4.69) is 23.3 Å². The maximum absolute atomic E-state index is 5.34. The lowest BCUT2D eigenvalue weighted by molar-refractivity contribution is 0.354. The molecule has 1 unspecified atom stereocenters. The zero-order chi connectivity index (χ0) is 15.2. The van der Waals surface area contributed by atoms with Crippen LogP contribution in [-0.2, 0) is 6.42 Å². The van der Waals surface area contributed by atoms with Crippen molar-refractivity contribution in [1.82, 2.24) is 4.98 Å². The maximum Gasteiger partial charge on any atom is 0.160 e. The summed E-state index contributed by atoms with van der Waals surface area (Å²) in [7, 11) is 3.30. The van der Waals surface area contributed by atoms with Gasteiger partial charge >= 0.3 is 0 Å². The summed E-state index contributed by atoms with van der Waals surface area (Å²) in [6.07, 6.45) is 2.70. The minimum Gasteiger partial charge on any atom is -0.493 e. The van der Waals surface area contributed by atoms with E-state index in [-0.39, 0.29) is 0 Å². The van der Waals surface area contributed by atoms with Gasteiger partial charge in [0.25, 0.3) is 0 Å². The van der Waals surface area contributed by atoms with Crippen LogP contribution in [0, 0.1) is 6.92 Å². The third-order valence-corrected chi connectivity index (χ3v) is 3.40. The van der Waals surface area contributed by atoms with Crippen LogP contribution < -0.4 is 14.8 Å². The van der Waals surface area contributed by atoms with Crippen LogP contribution in [-0.4, -0.2) is 25.2 Å². The molecule has 0 saturated carbocycles. The Labute approximate surface area is 126 Å². The molecule has 2 rings (SSSR count). The molecule has 0 fully saturated rings. The average molecular weight is 286 g/mol. The molecule has 1 heterocycles. The molecule has 0 aliphatic carbocycles. The Morgan fingerprint density at radius 2 is 1.90 bits per heavy atom. The van der Waals surface area contributed by atoms with E-state index >= 15 is 0 Å². The molecule has 4 heteroatoms. The number of aryl methyl sites for hydroxylation is 1. The Morgan fingerprint density at radius 3 is 2.57 bits per heavy atom. The number of nitrogens with zero attached hydrogens (tertiary/aromatic N) is 1. The highest BCUT2D eigenvalue weighted by molar-refractivity contribution is 5.48. The second-order valence-electron chi connectivity index (χ2n) is 5.08. The van der Waals surface area contributed by atoms with Crippen molar-refractivity contribution in [2.24, 2.45) is 0 Å². The quantitative estimate of drug-likeness (QED) is 0.883. The number of hydrogen-bond acceptors (Lipinski definition) is 4. The molecule has 0 aliphatic rings. The first kappa shape index (κ1) is 15.2. The number of aromatic nitrogens is 1. The molecule has 1 aromatic carbocycles. The molecule has 1 N–H and O–H groups in total. The third-order valence-electron chi connectivity index (χ3n) is 3.40. The van der Waals surface area contributed by atoms with Gasteiger partial charge in [0.05, 0.1) is 25.6 Å². The van der Waals surface area contributed by atoms with Gasteiger partial charge in [-0.15, -0.1) is 0 Å². The molecule has 2 aromatic rings. The highest BCUT2D eigenvalue weighted by Gasteiger charge is 2.09. The average Bonchev–Trinajstić information content (AvgIpc) is 2.49. The van der Waals surface area contributed by atoms with Gasteiger partial charge in [0.15, 0.2) is 11.5 Å². The van der Waals surface area contributed by atoms with Gasteiger partial charge in [0.1, 0.15) is 0 Å². The van der Waals surface area contributed by atoms with E-state index in [0.29, 0.717) is 6.04 Å². The molecule has 1 atom stereocenters. The van der Waals surface area contributed by atoms with Crippen LogP contribution in [0.3, 0.4) is 0 Å². The number of hydrogen-bond donors (Lipinski definition) is 1. The smallest absolute Gasteiger partial charge is 0.160 e. The number of methoxy groups -OCH3 is 2. The van der Waals surface area contributed by atoms with Crippen LogP contribution in [0.5, 0.6) is 11.5 Å². The summed E-state index contributed by atoms with van der Waals surface area (Å²) in [6, 6.07) is 10.3. The van der Waals surface area contributed by atoms with Gasteiger partial charge in [-0.3, -0.25) is 4.98 Å². The van der Waals surface area contributed by atoms with E-state index in [1.807, 2.05) is 31.2 Å². The van der Waals surface area contributed by atoms with Crippen molar-refractivity contribution in [2.75, 3.05) is 19.5 Å². The fraction of sp³-hybridized carbons (Fsp3) is 0.353. The number of anilines is 1. The van der Waals surface area contributed by atoms with E-state index in [9.17, 15) is 0 Å². The Balaban J connectivity index is 2.06. The van der Waals surface area contributed by atoms with Gasteiger partial charge in [0, 0.05) is 12.2 Å². The van der Waals surface area contributed by atoms with Crippen molar-refractivity contribution >= 4 is 5.69 Å². The summed E-state index contributed by atoms with van der Waals surface area (Å²) >= 11 is 0. The molecule has 0 aliphatic heterocycles. The molecule has 4 nitrogen and oxygen atoms in total. The van der Waals surface area contributed by atoms with Gasteiger partial charge in [-0.1, -0.05) is 6.07 Å². The second kappa shape index (κ2) is 6.97. The Bertz CT molecular complexity index is 599. The summed E-state index contributed by atoms with van der Waals surface area (Å²) < 4.78 is 10.6. The number of rotatable bonds is 6.